The number of sulfone groups is 1. The van der Waals surface area contributed by atoms with Gasteiger partial charge in [0.2, 0.25) is 5.69 Å². The molecule has 0 unspecified atom stereocenters. The van der Waals surface area contributed by atoms with E-state index in [-0.39, 0.29) is 28.3 Å². The number of anilines is 1. The van der Waals surface area contributed by atoms with E-state index in [0.29, 0.717) is 25.8 Å². The van der Waals surface area contributed by atoms with Crippen molar-refractivity contribution in [2.45, 2.75) is 88.9 Å². The molecule has 2 aliphatic rings. The summed E-state index contributed by atoms with van der Waals surface area (Å²) in [5.41, 5.74) is 7.09. The Hall–Kier alpha value is -3.86. The lowest BCUT2D eigenvalue weighted by Gasteiger charge is -2.27. The van der Waals surface area contributed by atoms with Crippen LogP contribution in [0.5, 0.6) is 0 Å². The molecule has 2 aromatic rings. The second-order valence-electron chi connectivity index (χ2n) is 14.2. The van der Waals surface area contributed by atoms with E-state index in [0.717, 1.165) is 35.2 Å². The third kappa shape index (κ3) is 8.89. The van der Waals surface area contributed by atoms with Crippen LogP contribution >= 0.6 is 0 Å². The Morgan fingerprint density at radius 3 is 2.24 bits per heavy atom. The zero-order chi connectivity index (χ0) is 36.9. The van der Waals surface area contributed by atoms with Crippen LogP contribution in [0, 0.1) is 6.92 Å². The van der Waals surface area contributed by atoms with Gasteiger partial charge in [0.1, 0.15) is 12.8 Å². The monoisotopic (exact) mass is 719 g/mol. The van der Waals surface area contributed by atoms with Crippen molar-refractivity contribution in [1.82, 2.24) is 0 Å². The van der Waals surface area contributed by atoms with E-state index in [1.165, 1.54) is 28.6 Å². The fourth-order valence-corrected chi connectivity index (χ4v) is 8.16. The lowest BCUT2D eigenvalue weighted by molar-refractivity contribution is -0.401. The second-order valence-corrected chi connectivity index (χ2v) is 17.7. The number of benzene rings is 2. The lowest BCUT2D eigenvalue weighted by atomic mass is 9.81. The number of carbonyl (C=O) groups is 1. The van der Waals surface area contributed by atoms with Crippen molar-refractivity contribution in [1.29, 1.82) is 0 Å². The van der Waals surface area contributed by atoms with Crippen molar-refractivity contribution in [3.8, 4) is 0 Å². The van der Waals surface area contributed by atoms with E-state index in [1.54, 1.807) is 12.1 Å². The molecule has 0 fully saturated rings. The quantitative estimate of drug-likeness (QED) is 0.0809. The predicted octanol–water partition coefficient (Wildman–Crippen LogP) is 8.07. The van der Waals surface area contributed by atoms with Crippen LogP contribution < -0.4 is 4.90 Å². The molecule has 0 aromatic heterocycles. The molecule has 1 N–H and O–H groups in total. The van der Waals surface area contributed by atoms with Crippen LogP contribution in [0.4, 0.5) is 11.4 Å². The van der Waals surface area contributed by atoms with Gasteiger partial charge in [0.05, 0.1) is 16.1 Å². The smallest absolute Gasteiger partial charge is 0.294 e. The number of fused-ring (bicyclic) bond motifs is 2. The van der Waals surface area contributed by atoms with Gasteiger partial charge in [-0.2, -0.15) is 13.0 Å². The third-order valence-corrected chi connectivity index (χ3v) is 12.0. The van der Waals surface area contributed by atoms with Crippen molar-refractivity contribution in [2.75, 3.05) is 24.2 Å². The number of hydrogen-bond acceptors (Lipinski definition) is 6. The number of allylic oxidation sites excluding steroid dienone is 8. The second kappa shape index (κ2) is 15.6. The maximum atomic E-state index is 12.3. The first-order valence-corrected chi connectivity index (χ1v) is 20.3. The summed E-state index contributed by atoms with van der Waals surface area (Å²) < 4.78 is 59.1. The van der Waals surface area contributed by atoms with Gasteiger partial charge in [-0.15, -0.1) is 0 Å². The first-order valence-electron chi connectivity index (χ1n) is 17.1. The Bertz CT molecular complexity index is 2010. The van der Waals surface area contributed by atoms with Crippen molar-refractivity contribution in [3.63, 3.8) is 0 Å². The van der Waals surface area contributed by atoms with E-state index in [4.69, 9.17) is 0 Å². The number of nitrogens with zero attached hydrogens (tertiary/aromatic N) is 2. The largest absolute Gasteiger partial charge is 0.344 e. The van der Waals surface area contributed by atoms with Crippen molar-refractivity contribution in [2.24, 2.45) is 0 Å². The zero-order valence-corrected chi connectivity index (χ0v) is 31.8. The Morgan fingerprint density at radius 1 is 0.860 bits per heavy atom. The molecule has 0 spiro atoms. The van der Waals surface area contributed by atoms with E-state index >= 15 is 0 Å². The molecule has 2 aromatic carbocycles. The molecule has 4 rings (SSSR count). The summed E-state index contributed by atoms with van der Waals surface area (Å²) in [4.78, 5) is 14.4. The van der Waals surface area contributed by atoms with Crippen LogP contribution in [0.2, 0.25) is 0 Å². The van der Waals surface area contributed by atoms with Gasteiger partial charge >= 0.3 is 0 Å². The first-order chi connectivity index (χ1) is 23.4. The number of aryl methyl sites for hydroxylation is 1. The molecule has 0 bridgehead atoms. The minimum absolute atomic E-state index is 0.0565. The zero-order valence-electron chi connectivity index (χ0n) is 30.1. The normalized spacial score (nSPS) is 17.8. The molecule has 2 heterocycles. The van der Waals surface area contributed by atoms with Crippen LogP contribution in [-0.2, 0) is 35.6 Å². The maximum Gasteiger partial charge on any atom is 0.294 e. The summed E-state index contributed by atoms with van der Waals surface area (Å²) in [5.74, 6) is -0.00676. The average Bonchev–Trinajstić information content (AvgIpc) is 3.36. The van der Waals surface area contributed by atoms with Crippen LogP contribution in [0.3, 0.4) is 0 Å². The Kier molecular flexibility index (Phi) is 12.1. The minimum atomic E-state index is -4.37. The molecule has 268 valence electrons. The van der Waals surface area contributed by atoms with Crippen molar-refractivity contribution < 1.29 is 30.8 Å². The van der Waals surface area contributed by atoms with Gasteiger partial charge in [0, 0.05) is 59.3 Å². The molecule has 0 atom stereocenters. The van der Waals surface area contributed by atoms with Crippen LogP contribution in [0.1, 0.15) is 82.9 Å². The molecule has 0 saturated heterocycles. The molecule has 0 saturated carbocycles. The van der Waals surface area contributed by atoms with Gasteiger partial charge in [0.15, 0.2) is 15.5 Å². The highest BCUT2D eigenvalue weighted by Crippen LogP contribution is 2.48. The molecule has 0 radical (unpaired) electrons. The molecule has 8 nitrogen and oxygen atoms in total. The van der Waals surface area contributed by atoms with Crippen molar-refractivity contribution >= 4 is 42.8 Å². The molecule has 50 heavy (non-hydrogen) atoms. The van der Waals surface area contributed by atoms with Crippen molar-refractivity contribution in [3.05, 3.63) is 113 Å². The molecule has 10 heteroatoms. The van der Waals surface area contributed by atoms with E-state index in [2.05, 4.69) is 74.2 Å². The molecule has 2 aliphatic heterocycles. The number of hydrogen-bond donors (Lipinski definition) is 1. The summed E-state index contributed by atoms with van der Waals surface area (Å²) in [7, 11) is -5.56. The first kappa shape index (κ1) is 38.9. The summed E-state index contributed by atoms with van der Waals surface area (Å²) in [6.07, 6.45) is 17.4. The highest BCUT2D eigenvalue weighted by Gasteiger charge is 2.43. The highest BCUT2D eigenvalue weighted by atomic mass is 32.2. The topological polar surface area (TPSA) is 112 Å². The summed E-state index contributed by atoms with van der Waals surface area (Å²) in [6.45, 7) is 14.7. The van der Waals surface area contributed by atoms with Gasteiger partial charge in [-0.3, -0.25) is 9.35 Å². The number of carbonyl (C=O) groups excluding carboxylic acids is 1. The number of Topliss-reactive ketones (excluding diaryl/α,β-unsaturated/α-hetero) is 1. The van der Waals surface area contributed by atoms with E-state index in [9.17, 15) is 26.2 Å². The minimum Gasteiger partial charge on any atom is -0.344 e. The molecule has 0 amide bonds. The summed E-state index contributed by atoms with van der Waals surface area (Å²) in [6, 6.07) is 11.3. The lowest BCUT2D eigenvalue weighted by Crippen LogP contribution is -2.27. The SMILES string of the molecule is C=CS(=O)(=O)CCCC(=O)CCCCCN1/C(=C/C=C/C=C/C=C/C2=[N+](C)c3ccc(C)cc3C2(C)C)C(C)(C)c2cc(S(=O)(=O)O)ccc21. The number of unbranched alkanes of at least 4 members (excludes halogenated alkanes) is 2. The van der Waals surface area contributed by atoms with Gasteiger partial charge in [-0.25, -0.2) is 8.42 Å². The van der Waals surface area contributed by atoms with E-state index < -0.39 is 25.4 Å². The van der Waals surface area contributed by atoms with Gasteiger partial charge in [-0.05, 0) is 75.9 Å². The predicted molar refractivity (Wildman–Crippen MR) is 204 cm³/mol. The Balaban J connectivity index is 1.44. The average molecular weight is 720 g/mol. The summed E-state index contributed by atoms with van der Waals surface area (Å²) >= 11 is 0. The fraction of sp³-hybridized carbons (Fsp3) is 0.400. The van der Waals surface area contributed by atoms with Gasteiger partial charge in [0.25, 0.3) is 10.1 Å². The third-order valence-electron chi connectivity index (χ3n) is 9.78. The molecule has 0 aliphatic carbocycles. The number of rotatable bonds is 16. The Morgan fingerprint density at radius 2 is 1.54 bits per heavy atom. The summed E-state index contributed by atoms with van der Waals surface area (Å²) in [5, 5.41) is 0.932. The fourth-order valence-electron chi connectivity index (χ4n) is 6.94. The number of ketones is 1. The van der Waals surface area contributed by atoms with Gasteiger partial charge in [-0.1, -0.05) is 68.9 Å². The maximum absolute atomic E-state index is 12.3. The Labute approximate surface area is 299 Å². The van der Waals surface area contributed by atoms with Gasteiger partial charge < -0.3 is 4.90 Å². The molecular weight excluding hydrogens is 669 g/mol. The van der Waals surface area contributed by atoms with Crippen LogP contribution in [0.15, 0.2) is 102 Å². The van der Waals surface area contributed by atoms with Crippen LogP contribution in [-0.4, -0.2) is 56.8 Å². The van der Waals surface area contributed by atoms with Crippen LogP contribution in [0.25, 0.3) is 0 Å². The molecular formula is C40H51N2O6S2+. The van der Waals surface area contributed by atoms with E-state index in [1.807, 2.05) is 44.2 Å². The standard InChI is InChI=1S/C40H50N2O6S2/c1-8-49(44,45)27-17-19-31(43)18-13-12-16-26-42-36-25-23-32(50(46,47)48)29-34(36)40(5,6)38(42)21-15-11-9-10-14-20-37-39(3,4)33-28-30(2)22-24-35(33)41(37)7/h8-11,14-15,20-25,28-29H,1,12-13,16-19,26-27H2,2-7H3/p+1. The highest BCUT2D eigenvalue weighted by molar-refractivity contribution is 7.94.